The summed E-state index contributed by atoms with van der Waals surface area (Å²) in [5.74, 6) is 0.0824. The van der Waals surface area contributed by atoms with Gasteiger partial charge in [-0.1, -0.05) is 18.6 Å². The molecule has 8 nitrogen and oxygen atoms in total. The maximum Gasteiger partial charge on any atom is 0.257 e. The molecule has 0 aliphatic carbocycles. The first kappa shape index (κ1) is 21.4. The number of pyridine rings is 1. The van der Waals surface area contributed by atoms with E-state index in [-0.39, 0.29) is 31.0 Å². The van der Waals surface area contributed by atoms with Crippen molar-refractivity contribution in [2.45, 2.75) is 25.3 Å². The van der Waals surface area contributed by atoms with Gasteiger partial charge in [-0.25, -0.2) is 4.98 Å². The van der Waals surface area contributed by atoms with Crippen molar-refractivity contribution in [3.8, 4) is 0 Å². The van der Waals surface area contributed by atoms with Crippen LogP contribution in [-0.4, -0.2) is 77.6 Å². The number of hydrogen-bond donors (Lipinski definition) is 2. The number of anilines is 3. The predicted molar refractivity (Wildman–Crippen MR) is 120 cm³/mol. The number of aliphatic hydroxyl groups excluding tert-OH is 1. The van der Waals surface area contributed by atoms with Crippen LogP contribution in [0, 0.1) is 0 Å². The van der Waals surface area contributed by atoms with Gasteiger partial charge in [0.2, 0.25) is 5.91 Å². The van der Waals surface area contributed by atoms with Crippen molar-refractivity contribution in [1.82, 2.24) is 14.8 Å². The molecule has 3 heterocycles. The Hall–Kier alpha value is -2.81. The first-order valence-corrected chi connectivity index (χ1v) is 10.8. The molecule has 1 unspecified atom stereocenters. The molecule has 1 atom stereocenters. The molecule has 1 aromatic heterocycles. The Labute approximate surface area is 182 Å². The van der Waals surface area contributed by atoms with Gasteiger partial charge in [-0.3, -0.25) is 19.4 Å². The van der Waals surface area contributed by atoms with Crippen LogP contribution in [0.15, 0.2) is 42.6 Å². The molecular weight excluding hydrogens is 394 g/mol. The smallest absolute Gasteiger partial charge is 0.257 e. The van der Waals surface area contributed by atoms with Crippen molar-refractivity contribution < 1.29 is 14.7 Å². The van der Waals surface area contributed by atoms with E-state index in [0.29, 0.717) is 29.3 Å². The molecular formula is C23H29N5O3. The third-order valence-electron chi connectivity index (χ3n) is 5.98. The molecule has 0 radical (unpaired) electrons. The summed E-state index contributed by atoms with van der Waals surface area (Å²) in [6.45, 7) is 2.64. The minimum Gasteiger partial charge on any atom is -0.395 e. The summed E-state index contributed by atoms with van der Waals surface area (Å²) in [7, 11) is 1.99. The average molecular weight is 424 g/mol. The zero-order valence-electron chi connectivity index (χ0n) is 17.8. The van der Waals surface area contributed by atoms with Crippen LogP contribution in [0.2, 0.25) is 0 Å². The highest BCUT2D eigenvalue weighted by atomic mass is 16.3. The molecule has 0 saturated carbocycles. The molecule has 2 aliphatic rings. The van der Waals surface area contributed by atoms with E-state index in [2.05, 4.69) is 20.1 Å². The molecule has 2 N–H and O–H groups in total. The fraction of sp³-hybridized carbons (Fsp3) is 0.435. The second-order valence-corrected chi connectivity index (χ2v) is 8.18. The van der Waals surface area contributed by atoms with E-state index in [1.165, 1.54) is 0 Å². The minimum absolute atomic E-state index is 0.111. The highest BCUT2D eigenvalue weighted by Crippen LogP contribution is 2.36. The number of hydrogen-bond acceptors (Lipinski definition) is 6. The van der Waals surface area contributed by atoms with Crippen LogP contribution < -0.4 is 10.2 Å². The standard InChI is InChI=1S/C23H29N5O3/c1-26(13-14-29)15-17-7-4-5-12-27(17)16-21(30)28-20-10-3-2-8-18(20)23(31)25-19-9-6-11-24-22(19)28/h2-3,6,8-11,17,29H,4-5,7,12-16H2,1H3,(H,25,31). The van der Waals surface area contributed by atoms with Gasteiger partial charge in [0.1, 0.15) is 0 Å². The van der Waals surface area contributed by atoms with Gasteiger partial charge in [-0.15, -0.1) is 0 Å². The van der Waals surface area contributed by atoms with Crippen LogP contribution in [0.4, 0.5) is 17.2 Å². The lowest BCUT2D eigenvalue weighted by Crippen LogP contribution is -2.50. The van der Waals surface area contributed by atoms with E-state index in [1.54, 1.807) is 41.4 Å². The van der Waals surface area contributed by atoms with E-state index in [4.69, 9.17) is 0 Å². The van der Waals surface area contributed by atoms with Gasteiger partial charge in [0.15, 0.2) is 5.82 Å². The lowest BCUT2D eigenvalue weighted by Gasteiger charge is -2.38. The number of amides is 2. The van der Waals surface area contributed by atoms with Gasteiger partial charge in [-0.05, 0) is 50.7 Å². The molecule has 1 aromatic carbocycles. The lowest BCUT2D eigenvalue weighted by atomic mass is 10.0. The van der Waals surface area contributed by atoms with Crippen LogP contribution in [0.3, 0.4) is 0 Å². The van der Waals surface area contributed by atoms with E-state index in [0.717, 1.165) is 32.4 Å². The Morgan fingerprint density at radius 2 is 2.10 bits per heavy atom. The Morgan fingerprint density at radius 1 is 1.26 bits per heavy atom. The number of fused-ring (bicyclic) bond motifs is 2. The highest BCUT2D eigenvalue weighted by molar-refractivity contribution is 6.17. The molecule has 2 aromatic rings. The van der Waals surface area contributed by atoms with Gasteiger partial charge in [-0.2, -0.15) is 0 Å². The van der Waals surface area contributed by atoms with E-state index < -0.39 is 0 Å². The third kappa shape index (κ3) is 4.61. The van der Waals surface area contributed by atoms with Gasteiger partial charge in [0, 0.05) is 25.3 Å². The van der Waals surface area contributed by atoms with E-state index in [1.807, 2.05) is 13.1 Å². The summed E-state index contributed by atoms with van der Waals surface area (Å²) in [6, 6.07) is 10.9. The molecule has 1 saturated heterocycles. The topological polar surface area (TPSA) is 89.0 Å². The molecule has 0 bridgehead atoms. The Kier molecular flexibility index (Phi) is 6.60. The maximum absolute atomic E-state index is 13.7. The van der Waals surface area contributed by atoms with Crippen molar-refractivity contribution in [3.05, 3.63) is 48.2 Å². The predicted octanol–water partition coefficient (Wildman–Crippen LogP) is 2.09. The number of likely N-dealkylation sites (tertiary alicyclic amines) is 1. The maximum atomic E-state index is 13.7. The zero-order chi connectivity index (χ0) is 21.8. The number of aliphatic hydroxyl groups is 1. The van der Waals surface area contributed by atoms with E-state index in [9.17, 15) is 14.7 Å². The van der Waals surface area contributed by atoms with Gasteiger partial charge >= 0.3 is 0 Å². The number of carbonyl (C=O) groups is 2. The number of nitrogens with zero attached hydrogens (tertiary/aromatic N) is 4. The fourth-order valence-corrected chi connectivity index (χ4v) is 4.43. The number of likely N-dealkylation sites (N-methyl/N-ethyl adjacent to an activating group) is 1. The molecule has 8 heteroatoms. The second kappa shape index (κ2) is 9.55. The molecule has 1 fully saturated rings. The number of carbonyl (C=O) groups excluding carboxylic acids is 2. The van der Waals surface area contributed by atoms with Crippen molar-refractivity contribution in [1.29, 1.82) is 0 Å². The van der Waals surface area contributed by atoms with E-state index >= 15 is 0 Å². The van der Waals surface area contributed by atoms with Crippen LogP contribution in [0.25, 0.3) is 0 Å². The van der Waals surface area contributed by atoms with Crippen molar-refractivity contribution in [3.63, 3.8) is 0 Å². The summed E-state index contributed by atoms with van der Waals surface area (Å²) in [4.78, 5) is 36.8. The SMILES string of the molecule is CN(CCO)CC1CCCCN1CC(=O)N1c2ccccc2C(=O)Nc2cccnc21. The number of para-hydroxylation sites is 1. The quantitative estimate of drug-likeness (QED) is 0.740. The van der Waals surface area contributed by atoms with Crippen molar-refractivity contribution in [2.24, 2.45) is 0 Å². The number of nitrogens with one attached hydrogen (secondary N) is 1. The highest BCUT2D eigenvalue weighted by Gasteiger charge is 2.33. The third-order valence-corrected chi connectivity index (χ3v) is 5.98. The van der Waals surface area contributed by atoms with Gasteiger partial charge < -0.3 is 15.3 Å². The molecule has 31 heavy (non-hydrogen) atoms. The average Bonchev–Trinajstić information content (AvgIpc) is 2.89. The summed E-state index contributed by atoms with van der Waals surface area (Å²) in [5.41, 5.74) is 1.52. The minimum atomic E-state index is -0.248. The largest absolute Gasteiger partial charge is 0.395 e. The Morgan fingerprint density at radius 3 is 2.94 bits per heavy atom. The van der Waals surface area contributed by atoms with Crippen molar-refractivity contribution in [2.75, 3.05) is 50.1 Å². The van der Waals surface area contributed by atoms with Crippen LogP contribution in [-0.2, 0) is 4.79 Å². The Bertz CT molecular complexity index is 950. The summed E-state index contributed by atoms with van der Waals surface area (Å²) in [5, 5.41) is 12.1. The van der Waals surface area contributed by atoms with Crippen LogP contribution in [0.1, 0.15) is 29.6 Å². The second-order valence-electron chi connectivity index (χ2n) is 8.18. The molecule has 2 amide bonds. The molecule has 2 aliphatic heterocycles. The van der Waals surface area contributed by atoms with Gasteiger partial charge in [0.05, 0.1) is 30.1 Å². The lowest BCUT2D eigenvalue weighted by molar-refractivity contribution is -0.120. The summed E-state index contributed by atoms with van der Waals surface area (Å²) in [6.07, 6.45) is 4.85. The molecule has 4 rings (SSSR count). The van der Waals surface area contributed by atoms with Gasteiger partial charge in [0.25, 0.3) is 5.91 Å². The number of benzene rings is 1. The first-order valence-electron chi connectivity index (χ1n) is 10.8. The number of aromatic nitrogens is 1. The number of rotatable bonds is 6. The van der Waals surface area contributed by atoms with Crippen LogP contribution >= 0.6 is 0 Å². The first-order chi connectivity index (χ1) is 15.1. The summed E-state index contributed by atoms with van der Waals surface area (Å²) < 4.78 is 0. The Balaban J connectivity index is 1.63. The number of piperidine rings is 1. The molecule has 0 spiro atoms. The zero-order valence-corrected chi connectivity index (χ0v) is 17.8. The monoisotopic (exact) mass is 423 g/mol. The fourth-order valence-electron chi connectivity index (χ4n) is 4.43. The van der Waals surface area contributed by atoms with Crippen LogP contribution in [0.5, 0.6) is 0 Å². The normalized spacial score (nSPS) is 18.9. The summed E-state index contributed by atoms with van der Waals surface area (Å²) >= 11 is 0. The molecule has 164 valence electrons. The van der Waals surface area contributed by atoms with Crippen molar-refractivity contribution >= 4 is 29.0 Å².